The second kappa shape index (κ2) is 6.21. The molecule has 1 fully saturated rings. The summed E-state index contributed by atoms with van der Waals surface area (Å²) in [6.45, 7) is 1.13. The molecule has 8 nitrogen and oxygen atoms in total. The van der Waals surface area contributed by atoms with E-state index in [4.69, 9.17) is 10.5 Å². The lowest BCUT2D eigenvalue weighted by molar-refractivity contribution is 0.0674. The smallest absolute Gasteiger partial charge is 0.274 e. The second-order valence-corrected chi connectivity index (χ2v) is 6.26. The lowest BCUT2D eigenvalue weighted by Crippen LogP contribution is -2.38. The summed E-state index contributed by atoms with van der Waals surface area (Å²) >= 11 is 0. The highest BCUT2D eigenvalue weighted by Gasteiger charge is 2.37. The third-order valence-corrected chi connectivity index (χ3v) is 4.61. The Morgan fingerprint density at radius 1 is 1.36 bits per heavy atom. The zero-order chi connectivity index (χ0) is 17.4. The molecule has 0 unspecified atom stereocenters. The molecule has 0 saturated carbocycles. The maximum atomic E-state index is 13.0. The van der Waals surface area contributed by atoms with Crippen LogP contribution in [0.15, 0.2) is 42.9 Å². The van der Waals surface area contributed by atoms with E-state index < -0.39 is 0 Å². The van der Waals surface area contributed by atoms with Crippen molar-refractivity contribution in [2.45, 2.75) is 25.1 Å². The molecule has 2 atom stereocenters. The van der Waals surface area contributed by atoms with Gasteiger partial charge in [0.1, 0.15) is 17.2 Å². The van der Waals surface area contributed by atoms with E-state index in [1.807, 2.05) is 39.9 Å². The number of anilines is 1. The zero-order valence-electron chi connectivity index (χ0n) is 13.9. The zero-order valence-corrected chi connectivity index (χ0v) is 13.9. The maximum Gasteiger partial charge on any atom is 0.274 e. The Morgan fingerprint density at radius 3 is 2.96 bits per heavy atom. The van der Waals surface area contributed by atoms with Gasteiger partial charge in [-0.05, 0) is 24.6 Å². The highest BCUT2D eigenvalue weighted by Crippen LogP contribution is 2.24. The summed E-state index contributed by atoms with van der Waals surface area (Å²) in [5.74, 6) is 0.382. The normalized spacial score (nSPS) is 20.4. The number of hydrogen-bond donors (Lipinski definition) is 1. The molecule has 1 saturated heterocycles. The number of carbonyl (C=O) groups excluding carboxylic acids is 1. The van der Waals surface area contributed by atoms with Crippen LogP contribution < -0.4 is 5.73 Å². The Labute approximate surface area is 144 Å². The number of imidazole rings is 1. The van der Waals surface area contributed by atoms with Crippen molar-refractivity contribution in [2.75, 3.05) is 19.4 Å². The van der Waals surface area contributed by atoms with Gasteiger partial charge in [0.25, 0.3) is 5.91 Å². The first kappa shape index (κ1) is 15.6. The molecular weight excluding hydrogens is 320 g/mol. The summed E-state index contributed by atoms with van der Waals surface area (Å²) in [6.07, 6.45) is 6.24. The number of hydrogen-bond acceptors (Lipinski definition) is 5. The van der Waals surface area contributed by atoms with Crippen LogP contribution in [0.2, 0.25) is 0 Å². The number of rotatable bonds is 4. The Hall–Kier alpha value is -2.87. The van der Waals surface area contributed by atoms with Crippen LogP contribution in [0.4, 0.5) is 5.82 Å². The van der Waals surface area contributed by atoms with Crippen LogP contribution in [0.3, 0.4) is 0 Å². The number of methoxy groups -OCH3 is 1. The molecule has 4 heterocycles. The van der Waals surface area contributed by atoms with Gasteiger partial charge in [0, 0.05) is 32.2 Å². The summed E-state index contributed by atoms with van der Waals surface area (Å²) in [4.78, 5) is 19.3. The van der Waals surface area contributed by atoms with Crippen molar-refractivity contribution in [3.8, 4) is 0 Å². The van der Waals surface area contributed by atoms with Gasteiger partial charge in [-0.15, -0.1) is 0 Å². The lowest BCUT2D eigenvalue weighted by Gasteiger charge is -2.23. The number of pyridine rings is 1. The van der Waals surface area contributed by atoms with E-state index >= 15 is 0 Å². The monoisotopic (exact) mass is 340 g/mol. The molecule has 0 bridgehead atoms. The Bertz CT molecular complexity index is 868. The second-order valence-electron chi connectivity index (χ2n) is 6.26. The fourth-order valence-electron chi connectivity index (χ4n) is 3.35. The number of amides is 1. The van der Waals surface area contributed by atoms with Crippen LogP contribution in [-0.4, -0.2) is 55.8 Å². The summed E-state index contributed by atoms with van der Waals surface area (Å²) in [5, 5.41) is 4.22. The van der Waals surface area contributed by atoms with Crippen molar-refractivity contribution >= 4 is 17.4 Å². The fraction of sp³-hybridized carbons (Fsp3) is 0.353. The number of nitrogen functional groups attached to an aromatic ring is 1. The molecule has 0 spiro atoms. The molecule has 0 aromatic carbocycles. The van der Waals surface area contributed by atoms with Crippen LogP contribution in [0, 0.1) is 0 Å². The summed E-state index contributed by atoms with van der Waals surface area (Å²) in [6, 6.07) is 7.42. The van der Waals surface area contributed by atoms with Gasteiger partial charge in [-0.3, -0.25) is 9.48 Å². The molecule has 1 aliphatic rings. The summed E-state index contributed by atoms with van der Waals surface area (Å²) in [5.41, 5.74) is 6.88. The van der Waals surface area contributed by atoms with Crippen LogP contribution >= 0.6 is 0 Å². The van der Waals surface area contributed by atoms with E-state index in [1.165, 1.54) is 0 Å². The molecule has 8 heteroatoms. The molecule has 3 aromatic heterocycles. The summed E-state index contributed by atoms with van der Waals surface area (Å²) < 4.78 is 9.10. The molecule has 25 heavy (non-hydrogen) atoms. The van der Waals surface area contributed by atoms with Crippen LogP contribution in [-0.2, 0) is 11.3 Å². The third-order valence-electron chi connectivity index (χ3n) is 4.61. The van der Waals surface area contributed by atoms with E-state index in [0.29, 0.717) is 24.6 Å². The number of carbonyl (C=O) groups is 1. The minimum Gasteiger partial charge on any atom is -0.382 e. The molecular formula is C17H20N6O2. The minimum atomic E-state index is -0.0895. The van der Waals surface area contributed by atoms with Gasteiger partial charge in [0.15, 0.2) is 0 Å². The van der Waals surface area contributed by atoms with Crippen LogP contribution in [0.5, 0.6) is 0 Å². The first-order valence-electron chi connectivity index (χ1n) is 8.20. The molecule has 0 aliphatic carbocycles. The first-order valence-corrected chi connectivity index (χ1v) is 8.20. The molecule has 1 amide bonds. The number of fused-ring (bicyclic) bond motifs is 1. The van der Waals surface area contributed by atoms with Gasteiger partial charge in [0.2, 0.25) is 0 Å². The van der Waals surface area contributed by atoms with Crippen molar-refractivity contribution in [1.29, 1.82) is 0 Å². The van der Waals surface area contributed by atoms with Crippen LogP contribution in [0.1, 0.15) is 16.9 Å². The fourth-order valence-corrected chi connectivity index (χ4v) is 3.35. The molecule has 0 radical (unpaired) electrons. The van der Waals surface area contributed by atoms with E-state index in [-0.39, 0.29) is 18.1 Å². The van der Waals surface area contributed by atoms with Crippen molar-refractivity contribution in [1.82, 2.24) is 24.1 Å². The number of likely N-dealkylation sites (tertiary alicyclic amines) is 1. The highest BCUT2D eigenvalue weighted by molar-refractivity contribution is 5.93. The predicted molar refractivity (Wildman–Crippen MR) is 92.1 cm³/mol. The number of nitrogens with zero attached hydrogens (tertiary/aromatic N) is 5. The van der Waals surface area contributed by atoms with Gasteiger partial charge in [-0.25, -0.2) is 4.98 Å². The van der Waals surface area contributed by atoms with Gasteiger partial charge in [-0.1, -0.05) is 6.07 Å². The van der Waals surface area contributed by atoms with Crippen LogP contribution in [0.25, 0.3) is 5.65 Å². The molecule has 130 valence electrons. The van der Waals surface area contributed by atoms with Gasteiger partial charge >= 0.3 is 0 Å². The standard InChI is InChI=1S/C17H20N6O2/c1-25-13-8-12(9-22-7-5-15(18)20-22)23(10-13)17(24)14-11-21-6-3-2-4-16(21)19-14/h2-7,11-13H,8-10H2,1H3,(H2,18,20)/t12-,13-/m0/s1. The largest absolute Gasteiger partial charge is 0.382 e. The van der Waals surface area contributed by atoms with Crippen molar-refractivity contribution < 1.29 is 9.53 Å². The van der Waals surface area contributed by atoms with Crippen molar-refractivity contribution in [3.63, 3.8) is 0 Å². The number of ether oxygens (including phenoxy) is 1. The summed E-state index contributed by atoms with van der Waals surface area (Å²) in [7, 11) is 1.67. The number of aromatic nitrogens is 4. The highest BCUT2D eigenvalue weighted by atomic mass is 16.5. The van der Waals surface area contributed by atoms with Gasteiger partial charge < -0.3 is 19.8 Å². The van der Waals surface area contributed by atoms with E-state index in [0.717, 1.165) is 12.1 Å². The quantitative estimate of drug-likeness (QED) is 0.766. The molecule has 2 N–H and O–H groups in total. The Kier molecular flexibility index (Phi) is 3.89. The minimum absolute atomic E-state index is 0.0124. The maximum absolute atomic E-state index is 13.0. The molecule has 3 aromatic rings. The topological polar surface area (TPSA) is 90.7 Å². The Balaban J connectivity index is 1.59. The van der Waals surface area contributed by atoms with E-state index in [9.17, 15) is 4.79 Å². The lowest BCUT2D eigenvalue weighted by atomic mass is 10.2. The number of nitrogens with two attached hydrogens (primary N) is 1. The van der Waals surface area contributed by atoms with Crippen molar-refractivity contribution in [3.05, 3.63) is 48.5 Å². The van der Waals surface area contributed by atoms with Gasteiger partial charge in [-0.2, -0.15) is 5.10 Å². The SMILES string of the molecule is CO[C@H]1C[C@@H](Cn2ccc(N)n2)N(C(=O)c2cn3ccccc3n2)C1. The van der Waals surface area contributed by atoms with E-state index in [2.05, 4.69) is 10.1 Å². The average molecular weight is 340 g/mol. The predicted octanol–water partition coefficient (Wildman–Crippen LogP) is 1.04. The van der Waals surface area contributed by atoms with E-state index in [1.54, 1.807) is 24.1 Å². The Morgan fingerprint density at radius 2 is 2.24 bits per heavy atom. The average Bonchev–Trinajstić information content (AvgIpc) is 3.32. The van der Waals surface area contributed by atoms with Crippen molar-refractivity contribution in [2.24, 2.45) is 0 Å². The molecule has 1 aliphatic heterocycles. The van der Waals surface area contributed by atoms with Gasteiger partial charge in [0.05, 0.1) is 18.7 Å². The third kappa shape index (κ3) is 2.96. The first-order chi connectivity index (χ1) is 12.1. The molecule has 4 rings (SSSR count).